The van der Waals surface area contributed by atoms with Crippen LogP contribution in [0.2, 0.25) is 5.02 Å². The summed E-state index contributed by atoms with van der Waals surface area (Å²) in [4.78, 5) is 15.5. The van der Waals surface area contributed by atoms with Crippen LogP contribution < -0.4 is 4.74 Å². The molecule has 2 heterocycles. The average Bonchev–Trinajstić information content (AvgIpc) is 2.89. The minimum atomic E-state index is -3.67. The highest BCUT2D eigenvalue weighted by atomic mass is 35.5. The maximum atomic E-state index is 13.5. The molecule has 2 saturated heterocycles. The number of carbonyl (C=O) groups excluding carboxylic acids is 1. The predicted octanol–water partition coefficient (Wildman–Crippen LogP) is 5.15. The molecule has 2 aliphatic rings. The third kappa shape index (κ3) is 6.38. The number of benzene rings is 2. The van der Waals surface area contributed by atoms with Crippen LogP contribution in [-0.2, 0) is 21.2 Å². The van der Waals surface area contributed by atoms with Crippen LogP contribution in [0.1, 0.15) is 51.0 Å². The van der Waals surface area contributed by atoms with E-state index in [2.05, 4.69) is 0 Å². The first-order valence-electron chi connectivity index (χ1n) is 12.6. The fourth-order valence-electron chi connectivity index (χ4n) is 5.07. The number of piperidine rings is 2. The van der Waals surface area contributed by atoms with E-state index in [1.165, 1.54) is 0 Å². The Kier molecular flexibility index (Phi) is 8.40. The van der Waals surface area contributed by atoms with Crippen molar-refractivity contribution in [2.75, 3.05) is 32.8 Å². The number of likely N-dealkylation sites (tertiary alicyclic amines) is 1. The molecule has 35 heavy (non-hydrogen) atoms. The van der Waals surface area contributed by atoms with Gasteiger partial charge in [-0.2, -0.15) is 4.31 Å². The monoisotopic (exact) mass is 518 g/mol. The molecule has 0 aliphatic carbocycles. The fraction of sp³-hybridized carbons (Fsp3) is 0.519. The molecule has 1 unspecified atom stereocenters. The van der Waals surface area contributed by atoms with Crippen molar-refractivity contribution in [3.63, 3.8) is 0 Å². The topological polar surface area (TPSA) is 66.9 Å². The van der Waals surface area contributed by atoms with Gasteiger partial charge in [0.25, 0.3) is 0 Å². The van der Waals surface area contributed by atoms with Gasteiger partial charge in [0.15, 0.2) is 0 Å². The number of amides is 1. The normalized spacial score (nSPS) is 21.6. The van der Waals surface area contributed by atoms with Crippen LogP contribution in [0.15, 0.2) is 53.4 Å². The van der Waals surface area contributed by atoms with Crippen LogP contribution in [0.25, 0.3) is 0 Å². The summed E-state index contributed by atoms with van der Waals surface area (Å²) in [5.74, 6) is 0.755. The summed E-state index contributed by atoms with van der Waals surface area (Å²) in [6.07, 6.45) is 5.75. The lowest BCUT2D eigenvalue weighted by Crippen LogP contribution is -2.51. The van der Waals surface area contributed by atoms with Gasteiger partial charge in [0.05, 0.1) is 11.5 Å². The second-order valence-electron chi connectivity index (χ2n) is 9.80. The van der Waals surface area contributed by atoms with Crippen molar-refractivity contribution in [1.82, 2.24) is 9.21 Å². The standard InChI is InChI=1S/C27H35ClN2O4S/c1-2-22-7-13-25(14-8-22)35(32,33)30-18-6-15-27(20-30,19-26(31)29-16-4-3-5-17-29)21-34-24-11-9-23(28)10-12-24/h7-14H,2-6,15-21H2,1H3. The first kappa shape index (κ1) is 26.0. The summed E-state index contributed by atoms with van der Waals surface area (Å²) in [6.45, 7) is 4.57. The summed E-state index contributed by atoms with van der Waals surface area (Å²) in [5, 5.41) is 0.622. The molecule has 0 bridgehead atoms. The Morgan fingerprint density at radius 3 is 2.31 bits per heavy atom. The largest absolute Gasteiger partial charge is 0.493 e. The van der Waals surface area contributed by atoms with Crippen LogP contribution in [0.3, 0.4) is 0 Å². The molecule has 2 aromatic carbocycles. The molecular weight excluding hydrogens is 484 g/mol. The third-order valence-electron chi connectivity index (χ3n) is 7.19. The number of sulfonamides is 1. The lowest BCUT2D eigenvalue weighted by atomic mass is 9.78. The summed E-state index contributed by atoms with van der Waals surface area (Å²) in [6, 6.07) is 14.2. The Morgan fingerprint density at radius 2 is 1.66 bits per heavy atom. The lowest BCUT2D eigenvalue weighted by molar-refractivity contribution is -0.136. The zero-order valence-corrected chi connectivity index (χ0v) is 22.0. The highest BCUT2D eigenvalue weighted by Crippen LogP contribution is 2.38. The van der Waals surface area contributed by atoms with Gasteiger partial charge in [0.2, 0.25) is 15.9 Å². The molecule has 0 aromatic heterocycles. The van der Waals surface area contributed by atoms with E-state index in [9.17, 15) is 13.2 Å². The van der Waals surface area contributed by atoms with E-state index < -0.39 is 15.4 Å². The van der Waals surface area contributed by atoms with Gasteiger partial charge in [-0.05, 0) is 80.5 Å². The molecular formula is C27H35ClN2O4S. The summed E-state index contributed by atoms with van der Waals surface area (Å²) in [5.41, 5.74) is 0.503. The lowest BCUT2D eigenvalue weighted by Gasteiger charge is -2.42. The van der Waals surface area contributed by atoms with Gasteiger partial charge in [0, 0.05) is 43.0 Å². The van der Waals surface area contributed by atoms with Gasteiger partial charge in [-0.3, -0.25) is 4.79 Å². The molecule has 2 fully saturated rings. The van der Waals surface area contributed by atoms with Gasteiger partial charge < -0.3 is 9.64 Å². The Morgan fingerprint density at radius 1 is 0.971 bits per heavy atom. The molecule has 6 nitrogen and oxygen atoms in total. The molecule has 1 amide bonds. The van der Waals surface area contributed by atoms with Crippen LogP contribution in [0.4, 0.5) is 0 Å². The van der Waals surface area contributed by atoms with Crippen molar-refractivity contribution in [2.24, 2.45) is 5.41 Å². The van der Waals surface area contributed by atoms with Crippen molar-refractivity contribution in [2.45, 2.75) is 56.8 Å². The van der Waals surface area contributed by atoms with E-state index in [0.717, 1.165) is 50.8 Å². The predicted molar refractivity (Wildman–Crippen MR) is 138 cm³/mol. The third-order valence-corrected chi connectivity index (χ3v) is 9.30. The van der Waals surface area contributed by atoms with E-state index in [4.69, 9.17) is 16.3 Å². The molecule has 8 heteroatoms. The van der Waals surface area contributed by atoms with E-state index in [1.807, 2.05) is 24.0 Å². The Bertz CT molecular complexity index is 1100. The second-order valence-corrected chi connectivity index (χ2v) is 12.2. The van der Waals surface area contributed by atoms with Crippen LogP contribution in [-0.4, -0.2) is 56.3 Å². The van der Waals surface area contributed by atoms with E-state index in [0.29, 0.717) is 28.6 Å². The summed E-state index contributed by atoms with van der Waals surface area (Å²) in [7, 11) is -3.67. The number of carbonyl (C=O) groups is 1. The second kappa shape index (κ2) is 11.3. The number of halogens is 1. The van der Waals surface area contributed by atoms with Gasteiger partial charge in [-0.15, -0.1) is 0 Å². The molecule has 0 saturated carbocycles. The van der Waals surface area contributed by atoms with Crippen LogP contribution in [0, 0.1) is 5.41 Å². The van der Waals surface area contributed by atoms with Crippen molar-refractivity contribution >= 4 is 27.5 Å². The van der Waals surface area contributed by atoms with Crippen molar-refractivity contribution < 1.29 is 17.9 Å². The van der Waals surface area contributed by atoms with Crippen molar-refractivity contribution in [3.05, 3.63) is 59.1 Å². The van der Waals surface area contributed by atoms with E-state index in [-0.39, 0.29) is 25.5 Å². The highest BCUT2D eigenvalue weighted by Gasteiger charge is 2.43. The molecule has 2 aliphatic heterocycles. The van der Waals surface area contributed by atoms with Gasteiger partial charge in [-0.1, -0.05) is 30.7 Å². The maximum Gasteiger partial charge on any atom is 0.243 e. The van der Waals surface area contributed by atoms with Crippen molar-refractivity contribution in [3.8, 4) is 5.75 Å². The zero-order valence-electron chi connectivity index (χ0n) is 20.4. The molecule has 0 spiro atoms. The minimum Gasteiger partial charge on any atom is -0.493 e. The zero-order chi connectivity index (χ0) is 24.9. The summed E-state index contributed by atoms with van der Waals surface area (Å²) < 4.78 is 34.8. The van der Waals surface area contributed by atoms with Crippen molar-refractivity contribution in [1.29, 1.82) is 0 Å². The number of ether oxygens (including phenoxy) is 1. The maximum absolute atomic E-state index is 13.5. The van der Waals surface area contributed by atoms with E-state index in [1.54, 1.807) is 40.7 Å². The van der Waals surface area contributed by atoms with Crippen LogP contribution >= 0.6 is 11.6 Å². The minimum absolute atomic E-state index is 0.0935. The molecule has 2 aromatic rings. The fourth-order valence-corrected chi connectivity index (χ4v) is 6.79. The molecule has 0 radical (unpaired) electrons. The number of hydrogen-bond acceptors (Lipinski definition) is 4. The van der Waals surface area contributed by atoms with Gasteiger partial charge in [0.1, 0.15) is 5.75 Å². The molecule has 4 rings (SSSR count). The SMILES string of the molecule is CCc1ccc(S(=O)(=O)N2CCCC(COc3ccc(Cl)cc3)(CC(=O)N3CCCCC3)C2)cc1. The number of rotatable bonds is 8. The smallest absolute Gasteiger partial charge is 0.243 e. The number of aryl methyl sites for hydroxylation is 1. The molecule has 190 valence electrons. The van der Waals surface area contributed by atoms with Gasteiger partial charge >= 0.3 is 0 Å². The Labute approximate surface area is 214 Å². The highest BCUT2D eigenvalue weighted by molar-refractivity contribution is 7.89. The van der Waals surface area contributed by atoms with E-state index >= 15 is 0 Å². The first-order chi connectivity index (χ1) is 16.8. The average molecular weight is 519 g/mol. The summed E-state index contributed by atoms with van der Waals surface area (Å²) >= 11 is 6.01. The number of nitrogens with zero attached hydrogens (tertiary/aromatic N) is 2. The van der Waals surface area contributed by atoms with Gasteiger partial charge in [-0.25, -0.2) is 8.42 Å². The molecule has 0 N–H and O–H groups in total. The Balaban J connectivity index is 1.56. The molecule has 1 atom stereocenters. The quantitative estimate of drug-likeness (QED) is 0.484. The first-order valence-corrected chi connectivity index (χ1v) is 14.4. The number of hydrogen-bond donors (Lipinski definition) is 0. The van der Waals surface area contributed by atoms with Crippen LogP contribution in [0.5, 0.6) is 5.75 Å². The Hall–Kier alpha value is -2.09.